The van der Waals surface area contributed by atoms with Gasteiger partial charge in [0.05, 0.1) is 23.0 Å². The van der Waals surface area contributed by atoms with E-state index in [1.807, 2.05) is 13.8 Å². The fourth-order valence-electron chi connectivity index (χ4n) is 1.87. The van der Waals surface area contributed by atoms with Crippen molar-refractivity contribution in [2.45, 2.75) is 40.0 Å². The molecule has 0 saturated carbocycles. The SMILES string of the molecule is Cc1cccc([N+](=O)[O-])c1OCCCCC(C)(C)C#N. The number of hydrogen-bond acceptors (Lipinski definition) is 4. The summed E-state index contributed by atoms with van der Waals surface area (Å²) in [5.74, 6) is 0.344. The Hall–Kier alpha value is -2.09. The van der Waals surface area contributed by atoms with Gasteiger partial charge in [0, 0.05) is 6.07 Å². The number of ether oxygens (including phenoxy) is 1. The van der Waals surface area contributed by atoms with E-state index in [9.17, 15) is 10.1 Å². The van der Waals surface area contributed by atoms with E-state index in [4.69, 9.17) is 10.00 Å². The Bertz CT molecular complexity index is 518. The molecule has 20 heavy (non-hydrogen) atoms. The maximum atomic E-state index is 10.9. The third kappa shape index (κ3) is 4.54. The van der Waals surface area contributed by atoms with Gasteiger partial charge in [-0.25, -0.2) is 0 Å². The maximum Gasteiger partial charge on any atom is 0.311 e. The van der Waals surface area contributed by atoms with Crippen LogP contribution in [0.15, 0.2) is 18.2 Å². The smallest absolute Gasteiger partial charge is 0.311 e. The van der Waals surface area contributed by atoms with Crippen LogP contribution in [0.4, 0.5) is 5.69 Å². The number of nitro benzene ring substituents is 1. The van der Waals surface area contributed by atoms with Crippen LogP contribution in [-0.2, 0) is 0 Å². The molecule has 0 unspecified atom stereocenters. The number of hydrogen-bond donors (Lipinski definition) is 0. The number of nitrogens with zero attached hydrogens (tertiary/aromatic N) is 2. The molecular formula is C15H20N2O3. The summed E-state index contributed by atoms with van der Waals surface area (Å²) in [4.78, 5) is 10.5. The molecule has 0 heterocycles. The molecule has 5 heteroatoms. The lowest BCUT2D eigenvalue weighted by atomic mass is 9.89. The number of para-hydroxylation sites is 1. The van der Waals surface area contributed by atoms with Crippen molar-refractivity contribution in [2.75, 3.05) is 6.61 Å². The van der Waals surface area contributed by atoms with Crippen molar-refractivity contribution >= 4 is 5.69 Å². The minimum atomic E-state index is -0.429. The maximum absolute atomic E-state index is 10.9. The normalized spacial score (nSPS) is 10.9. The molecule has 0 amide bonds. The predicted molar refractivity (Wildman–Crippen MR) is 76.6 cm³/mol. The van der Waals surface area contributed by atoms with E-state index >= 15 is 0 Å². The second-order valence-corrected chi connectivity index (χ2v) is 5.48. The lowest BCUT2D eigenvalue weighted by molar-refractivity contribution is -0.385. The van der Waals surface area contributed by atoms with Crippen LogP contribution in [0.25, 0.3) is 0 Å². The molecule has 0 fully saturated rings. The molecule has 0 atom stereocenters. The van der Waals surface area contributed by atoms with Crippen molar-refractivity contribution in [2.24, 2.45) is 5.41 Å². The number of unbranched alkanes of at least 4 members (excludes halogenated alkanes) is 1. The zero-order valence-corrected chi connectivity index (χ0v) is 12.2. The molecular weight excluding hydrogens is 256 g/mol. The summed E-state index contributed by atoms with van der Waals surface area (Å²) in [6.07, 6.45) is 2.43. The Kier molecular flexibility index (Phi) is 5.51. The van der Waals surface area contributed by atoms with E-state index in [0.717, 1.165) is 24.8 Å². The first-order valence-corrected chi connectivity index (χ1v) is 6.65. The van der Waals surface area contributed by atoms with E-state index in [-0.39, 0.29) is 11.1 Å². The highest BCUT2D eigenvalue weighted by atomic mass is 16.6. The molecule has 0 aliphatic carbocycles. The largest absolute Gasteiger partial charge is 0.487 e. The summed E-state index contributed by atoms with van der Waals surface area (Å²) >= 11 is 0. The van der Waals surface area contributed by atoms with Gasteiger partial charge in [-0.3, -0.25) is 10.1 Å². The van der Waals surface area contributed by atoms with Crippen LogP contribution in [0.1, 0.15) is 38.7 Å². The van der Waals surface area contributed by atoms with E-state index in [1.165, 1.54) is 6.07 Å². The standard InChI is InChI=1S/C15H20N2O3/c1-12-7-6-8-13(17(18)19)14(12)20-10-5-4-9-15(2,3)11-16/h6-8H,4-5,9-10H2,1-3H3. The van der Waals surface area contributed by atoms with Crippen molar-refractivity contribution in [1.82, 2.24) is 0 Å². The van der Waals surface area contributed by atoms with Crippen LogP contribution in [0.2, 0.25) is 0 Å². The van der Waals surface area contributed by atoms with Gasteiger partial charge < -0.3 is 4.74 Å². The minimum Gasteiger partial charge on any atom is -0.487 e. The van der Waals surface area contributed by atoms with Crippen LogP contribution in [0, 0.1) is 33.8 Å². The second kappa shape index (κ2) is 6.90. The van der Waals surface area contributed by atoms with Crippen LogP contribution in [0.5, 0.6) is 5.75 Å². The van der Waals surface area contributed by atoms with Gasteiger partial charge in [0.1, 0.15) is 0 Å². The van der Waals surface area contributed by atoms with Gasteiger partial charge in [-0.2, -0.15) is 5.26 Å². The highest BCUT2D eigenvalue weighted by Gasteiger charge is 2.18. The summed E-state index contributed by atoms with van der Waals surface area (Å²) in [7, 11) is 0. The minimum absolute atomic E-state index is 0.00218. The summed E-state index contributed by atoms with van der Waals surface area (Å²) in [5.41, 5.74) is 0.438. The van der Waals surface area contributed by atoms with Crippen LogP contribution in [0.3, 0.4) is 0 Å². The van der Waals surface area contributed by atoms with Gasteiger partial charge in [0.15, 0.2) is 5.75 Å². The summed E-state index contributed by atoms with van der Waals surface area (Å²) in [6.45, 7) is 6.02. The van der Waals surface area contributed by atoms with Gasteiger partial charge in [0.2, 0.25) is 0 Å². The molecule has 5 nitrogen and oxygen atoms in total. The zero-order chi connectivity index (χ0) is 15.2. The van der Waals surface area contributed by atoms with E-state index in [2.05, 4.69) is 6.07 Å². The molecule has 1 aromatic rings. The molecule has 0 bridgehead atoms. The van der Waals surface area contributed by atoms with Crippen molar-refractivity contribution in [3.05, 3.63) is 33.9 Å². The number of benzene rings is 1. The van der Waals surface area contributed by atoms with Crippen LogP contribution in [-0.4, -0.2) is 11.5 Å². The Morgan fingerprint density at radius 3 is 2.70 bits per heavy atom. The lowest BCUT2D eigenvalue weighted by Crippen LogP contribution is -2.08. The molecule has 0 N–H and O–H groups in total. The second-order valence-electron chi connectivity index (χ2n) is 5.48. The number of nitriles is 1. The topological polar surface area (TPSA) is 76.2 Å². The molecule has 0 aliphatic heterocycles. The Morgan fingerprint density at radius 2 is 2.10 bits per heavy atom. The summed E-state index contributed by atoms with van der Waals surface area (Å²) in [6, 6.07) is 7.14. The summed E-state index contributed by atoms with van der Waals surface area (Å²) < 4.78 is 5.55. The zero-order valence-electron chi connectivity index (χ0n) is 12.2. The summed E-state index contributed by atoms with van der Waals surface area (Å²) in [5, 5.41) is 19.8. The van der Waals surface area contributed by atoms with Gasteiger partial charge in [-0.15, -0.1) is 0 Å². The first-order valence-electron chi connectivity index (χ1n) is 6.65. The van der Waals surface area contributed by atoms with E-state index in [0.29, 0.717) is 12.4 Å². The average molecular weight is 276 g/mol. The van der Waals surface area contributed by atoms with E-state index < -0.39 is 4.92 Å². The number of rotatable bonds is 7. The highest BCUT2D eigenvalue weighted by Crippen LogP contribution is 2.30. The third-order valence-electron chi connectivity index (χ3n) is 3.13. The molecule has 0 spiro atoms. The number of nitro groups is 1. The number of aryl methyl sites for hydroxylation is 1. The van der Waals surface area contributed by atoms with Crippen LogP contribution >= 0.6 is 0 Å². The molecule has 1 aromatic carbocycles. The van der Waals surface area contributed by atoms with E-state index in [1.54, 1.807) is 19.1 Å². The molecule has 108 valence electrons. The molecule has 0 radical (unpaired) electrons. The first kappa shape index (κ1) is 16.0. The Labute approximate surface area is 119 Å². The van der Waals surface area contributed by atoms with Crippen molar-refractivity contribution < 1.29 is 9.66 Å². The Balaban J connectivity index is 2.51. The van der Waals surface area contributed by atoms with Gasteiger partial charge in [-0.05, 0) is 45.6 Å². The van der Waals surface area contributed by atoms with Crippen molar-refractivity contribution in [3.63, 3.8) is 0 Å². The quantitative estimate of drug-likeness (QED) is 0.428. The van der Waals surface area contributed by atoms with Gasteiger partial charge in [0.25, 0.3) is 0 Å². The van der Waals surface area contributed by atoms with Crippen molar-refractivity contribution in [1.29, 1.82) is 5.26 Å². The fourth-order valence-corrected chi connectivity index (χ4v) is 1.87. The van der Waals surface area contributed by atoms with Crippen molar-refractivity contribution in [3.8, 4) is 11.8 Å². The first-order chi connectivity index (χ1) is 9.37. The predicted octanol–water partition coefficient (Wildman–Crippen LogP) is 4.00. The third-order valence-corrected chi connectivity index (χ3v) is 3.13. The van der Waals surface area contributed by atoms with Gasteiger partial charge >= 0.3 is 5.69 Å². The fraction of sp³-hybridized carbons (Fsp3) is 0.533. The molecule has 1 rings (SSSR count). The lowest BCUT2D eigenvalue weighted by Gasteiger charge is -2.14. The monoisotopic (exact) mass is 276 g/mol. The molecule has 0 aliphatic rings. The average Bonchev–Trinajstić information content (AvgIpc) is 2.39. The molecule has 0 saturated heterocycles. The highest BCUT2D eigenvalue weighted by molar-refractivity contribution is 5.51. The van der Waals surface area contributed by atoms with Gasteiger partial charge in [-0.1, -0.05) is 12.1 Å². The Morgan fingerprint density at radius 1 is 1.40 bits per heavy atom. The van der Waals surface area contributed by atoms with Crippen LogP contribution < -0.4 is 4.74 Å². The molecule has 0 aromatic heterocycles.